The zero-order valence-corrected chi connectivity index (χ0v) is 14.5. The highest BCUT2D eigenvalue weighted by Gasteiger charge is 2.25. The van der Waals surface area contributed by atoms with Gasteiger partial charge in [-0.15, -0.1) is 6.58 Å². The fraction of sp³-hybridized carbons (Fsp3) is 0.474. The van der Waals surface area contributed by atoms with Gasteiger partial charge in [0.2, 0.25) is 0 Å². The molecule has 2 rings (SSSR count). The number of anilines is 1. The summed E-state index contributed by atoms with van der Waals surface area (Å²) in [5.41, 5.74) is 1.81. The van der Waals surface area contributed by atoms with Crippen LogP contribution in [0.25, 0.3) is 0 Å². The first-order chi connectivity index (χ1) is 11.5. The molecule has 130 valence electrons. The maximum Gasteiger partial charge on any atom is 0.251 e. The molecule has 1 aromatic rings. The number of carbonyl (C=O) groups excluding carboxylic acids is 2. The second-order valence-corrected chi connectivity index (χ2v) is 6.01. The summed E-state index contributed by atoms with van der Waals surface area (Å²) in [5, 5.41) is 0. The molecular formula is C19H26N2O3. The van der Waals surface area contributed by atoms with E-state index in [9.17, 15) is 9.59 Å². The molecule has 1 heterocycles. The third-order valence-corrected chi connectivity index (χ3v) is 4.27. The van der Waals surface area contributed by atoms with Crippen molar-refractivity contribution in [3.05, 3.63) is 42.5 Å². The van der Waals surface area contributed by atoms with Gasteiger partial charge in [0.05, 0.1) is 6.61 Å². The van der Waals surface area contributed by atoms with E-state index in [-0.39, 0.29) is 11.7 Å². The average molecular weight is 330 g/mol. The number of Topliss-reactive ketones (excluding diaryl/α,β-unsaturated/α-hetero) is 1. The van der Waals surface area contributed by atoms with Gasteiger partial charge in [0.15, 0.2) is 5.78 Å². The Morgan fingerprint density at radius 1 is 1.21 bits per heavy atom. The summed E-state index contributed by atoms with van der Waals surface area (Å²) >= 11 is 0. The largest absolute Gasteiger partial charge is 0.368 e. The number of nitrogens with zero attached hydrogens (tertiary/aromatic N) is 2. The van der Waals surface area contributed by atoms with Crippen LogP contribution in [0.15, 0.2) is 36.9 Å². The van der Waals surface area contributed by atoms with E-state index in [0.717, 1.165) is 30.8 Å². The molecule has 1 atom stereocenters. The number of ether oxygens (including phenoxy) is 1. The van der Waals surface area contributed by atoms with Gasteiger partial charge < -0.3 is 14.5 Å². The summed E-state index contributed by atoms with van der Waals surface area (Å²) in [5.74, 6) is 0.119. The number of hydrogen-bond acceptors (Lipinski definition) is 4. The minimum atomic E-state index is -0.411. The SMILES string of the molecule is C=CCCOC(C)C(=O)N1CCN(c2ccc(C(C)=O)cc2)CC1. The number of carbonyl (C=O) groups is 2. The Labute approximate surface area is 143 Å². The maximum atomic E-state index is 12.4. The Hall–Kier alpha value is -2.14. The molecule has 5 heteroatoms. The van der Waals surface area contributed by atoms with Crippen molar-refractivity contribution in [3.63, 3.8) is 0 Å². The molecule has 1 unspecified atom stereocenters. The van der Waals surface area contributed by atoms with E-state index in [0.29, 0.717) is 19.7 Å². The summed E-state index contributed by atoms with van der Waals surface area (Å²) in [6.45, 7) is 10.5. The van der Waals surface area contributed by atoms with E-state index in [4.69, 9.17) is 4.74 Å². The third-order valence-electron chi connectivity index (χ3n) is 4.27. The zero-order chi connectivity index (χ0) is 17.5. The number of benzene rings is 1. The van der Waals surface area contributed by atoms with Crippen LogP contribution in [-0.4, -0.2) is 55.5 Å². The van der Waals surface area contributed by atoms with Gasteiger partial charge in [-0.2, -0.15) is 0 Å². The van der Waals surface area contributed by atoms with Crippen LogP contribution >= 0.6 is 0 Å². The van der Waals surface area contributed by atoms with Crippen molar-refractivity contribution in [1.82, 2.24) is 4.90 Å². The first-order valence-corrected chi connectivity index (χ1v) is 8.40. The molecule has 0 radical (unpaired) electrons. The number of hydrogen-bond donors (Lipinski definition) is 0. The van der Waals surface area contributed by atoms with Crippen LogP contribution in [0.1, 0.15) is 30.6 Å². The molecule has 1 aliphatic rings. The molecule has 0 aliphatic carbocycles. The average Bonchev–Trinajstić information content (AvgIpc) is 2.61. The van der Waals surface area contributed by atoms with Crippen LogP contribution in [0.5, 0.6) is 0 Å². The highest BCUT2D eigenvalue weighted by molar-refractivity contribution is 5.94. The van der Waals surface area contributed by atoms with Gasteiger partial charge in [0.1, 0.15) is 6.10 Å². The summed E-state index contributed by atoms with van der Waals surface area (Å²) in [7, 11) is 0. The highest BCUT2D eigenvalue weighted by Crippen LogP contribution is 2.18. The highest BCUT2D eigenvalue weighted by atomic mass is 16.5. The van der Waals surface area contributed by atoms with Crippen molar-refractivity contribution in [1.29, 1.82) is 0 Å². The summed E-state index contributed by atoms with van der Waals surface area (Å²) in [6.07, 6.45) is 2.13. The Balaban J connectivity index is 1.85. The molecule has 1 fully saturated rings. The van der Waals surface area contributed by atoms with Crippen molar-refractivity contribution in [3.8, 4) is 0 Å². The molecule has 1 amide bonds. The van der Waals surface area contributed by atoms with Gasteiger partial charge in [0.25, 0.3) is 5.91 Å². The monoisotopic (exact) mass is 330 g/mol. The van der Waals surface area contributed by atoms with Gasteiger partial charge in [-0.25, -0.2) is 0 Å². The van der Waals surface area contributed by atoms with Crippen molar-refractivity contribution < 1.29 is 14.3 Å². The van der Waals surface area contributed by atoms with Crippen LogP contribution in [0.2, 0.25) is 0 Å². The van der Waals surface area contributed by atoms with Gasteiger partial charge in [-0.1, -0.05) is 6.08 Å². The third kappa shape index (κ3) is 4.68. The summed E-state index contributed by atoms with van der Waals surface area (Å²) in [6, 6.07) is 7.64. The molecule has 1 aliphatic heterocycles. The van der Waals surface area contributed by atoms with Crippen molar-refractivity contribution in [2.75, 3.05) is 37.7 Å². The Kier molecular flexibility index (Phi) is 6.55. The van der Waals surface area contributed by atoms with Gasteiger partial charge in [-0.05, 0) is 44.5 Å². The van der Waals surface area contributed by atoms with E-state index >= 15 is 0 Å². The van der Waals surface area contributed by atoms with E-state index in [1.54, 1.807) is 19.9 Å². The lowest BCUT2D eigenvalue weighted by Crippen LogP contribution is -2.51. The first-order valence-electron chi connectivity index (χ1n) is 8.40. The smallest absolute Gasteiger partial charge is 0.251 e. The fourth-order valence-electron chi connectivity index (χ4n) is 2.75. The molecule has 0 spiro atoms. The summed E-state index contributed by atoms with van der Waals surface area (Å²) in [4.78, 5) is 27.8. The lowest BCUT2D eigenvalue weighted by atomic mass is 10.1. The van der Waals surface area contributed by atoms with E-state index in [1.165, 1.54) is 0 Å². The number of rotatable bonds is 7. The van der Waals surface area contributed by atoms with Crippen molar-refractivity contribution in [2.24, 2.45) is 0 Å². The molecule has 5 nitrogen and oxygen atoms in total. The van der Waals surface area contributed by atoms with Gasteiger partial charge >= 0.3 is 0 Å². The molecule has 1 aromatic carbocycles. The number of amides is 1. The summed E-state index contributed by atoms with van der Waals surface area (Å²) < 4.78 is 5.54. The normalized spacial score (nSPS) is 15.9. The van der Waals surface area contributed by atoms with Crippen LogP contribution in [0.4, 0.5) is 5.69 Å². The number of ketones is 1. The molecule has 0 saturated carbocycles. The van der Waals surface area contributed by atoms with Crippen molar-refractivity contribution in [2.45, 2.75) is 26.4 Å². The molecule has 24 heavy (non-hydrogen) atoms. The first kappa shape index (κ1) is 18.2. The standard InChI is InChI=1S/C19H26N2O3/c1-4-5-14-24-16(3)19(23)21-12-10-20(11-13-21)18-8-6-17(7-9-18)15(2)22/h4,6-9,16H,1,5,10-14H2,2-3H3. The lowest BCUT2D eigenvalue weighted by molar-refractivity contribution is -0.142. The Morgan fingerprint density at radius 3 is 2.38 bits per heavy atom. The second-order valence-electron chi connectivity index (χ2n) is 6.01. The minimum absolute atomic E-state index is 0.0469. The van der Waals surface area contributed by atoms with E-state index in [2.05, 4.69) is 11.5 Å². The maximum absolute atomic E-state index is 12.4. The van der Waals surface area contributed by atoms with E-state index in [1.807, 2.05) is 29.2 Å². The molecule has 1 saturated heterocycles. The molecule has 0 N–H and O–H groups in total. The number of piperazine rings is 1. The molecular weight excluding hydrogens is 304 g/mol. The Bertz CT molecular complexity index is 575. The second kappa shape index (κ2) is 8.64. The van der Waals surface area contributed by atoms with Crippen LogP contribution in [-0.2, 0) is 9.53 Å². The predicted molar refractivity (Wildman–Crippen MR) is 95.5 cm³/mol. The zero-order valence-electron chi connectivity index (χ0n) is 14.5. The van der Waals surface area contributed by atoms with Crippen LogP contribution in [0.3, 0.4) is 0 Å². The fourth-order valence-corrected chi connectivity index (χ4v) is 2.75. The minimum Gasteiger partial charge on any atom is -0.368 e. The Morgan fingerprint density at radius 2 is 1.83 bits per heavy atom. The van der Waals surface area contributed by atoms with Crippen LogP contribution in [0, 0.1) is 0 Å². The van der Waals surface area contributed by atoms with Crippen molar-refractivity contribution >= 4 is 17.4 Å². The topological polar surface area (TPSA) is 49.9 Å². The molecule has 0 aromatic heterocycles. The van der Waals surface area contributed by atoms with Gasteiger partial charge in [0, 0.05) is 37.4 Å². The van der Waals surface area contributed by atoms with Gasteiger partial charge in [-0.3, -0.25) is 9.59 Å². The quantitative estimate of drug-likeness (QED) is 0.438. The lowest BCUT2D eigenvalue weighted by Gasteiger charge is -2.37. The van der Waals surface area contributed by atoms with E-state index < -0.39 is 6.10 Å². The molecule has 0 bridgehead atoms. The van der Waals surface area contributed by atoms with Crippen LogP contribution < -0.4 is 4.90 Å². The predicted octanol–water partition coefficient (Wildman–Crippen LogP) is 2.52.